The van der Waals surface area contributed by atoms with E-state index >= 15 is 0 Å². The lowest BCUT2D eigenvalue weighted by molar-refractivity contribution is 0.974. The van der Waals surface area contributed by atoms with E-state index in [0.717, 1.165) is 17.7 Å². The summed E-state index contributed by atoms with van der Waals surface area (Å²) in [6, 6.07) is 8.18. The van der Waals surface area contributed by atoms with Crippen molar-refractivity contribution in [2.45, 2.75) is 13.3 Å². The van der Waals surface area contributed by atoms with Crippen molar-refractivity contribution in [3.8, 4) is 11.3 Å². The van der Waals surface area contributed by atoms with Crippen LogP contribution in [0, 0.1) is 0 Å². The van der Waals surface area contributed by atoms with E-state index in [4.69, 9.17) is 11.6 Å². The van der Waals surface area contributed by atoms with Crippen LogP contribution in [0.25, 0.3) is 11.3 Å². The Kier molecular flexibility index (Phi) is 2.92. The zero-order chi connectivity index (χ0) is 10.7. The predicted octanol–water partition coefficient (Wildman–Crippen LogP) is 2.75. The van der Waals surface area contributed by atoms with Gasteiger partial charge in [0.1, 0.15) is 0 Å². The molecule has 0 aliphatic rings. The summed E-state index contributed by atoms with van der Waals surface area (Å²) in [6.45, 7) is 2.12. The number of hydrogen-bond donors (Lipinski definition) is 0. The van der Waals surface area contributed by atoms with Crippen molar-refractivity contribution in [3.05, 3.63) is 41.3 Å². The molecule has 1 heterocycles. The SMILES string of the molecule is CCc1ccc(-c2cnnc(Cl)n2)cc1. The quantitative estimate of drug-likeness (QED) is 0.780. The summed E-state index contributed by atoms with van der Waals surface area (Å²) in [5.41, 5.74) is 3.05. The monoisotopic (exact) mass is 219 g/mol. The highest BCUT2D eigenvalue weighted by Gasteiger charge is 2.01. The number of nitrogens with zero attached hydrogens (tertiary/aromatic N) is 3. The minimum absolute atomic E-state index is 0.173. The number of benzene rings is 1. The van der Waals surface area contributed by atoms with Crippen molar-refractivity contribution in [1.82, 2.24) is 15.2 Å². The Morgan fingerprint density at radius 2 is 1.93 bits per heavy atom. The van der Waals surface area contributed by atoms with E-state index in [1.807, 2.05) is 12.1 Å². The average Bonchev–Trinajstić information content (AvgIpc) is 2.29. The maximum Gasteiger partial charge on any atom is 0.243 e. The second-order valence-corrected chi connectivity index (χ2v) is 3.50. The molecule has 0 aliphatic carbocycles. The van der Waals surface area contributed by atoms with Gasteiger partial charge >= 0.3 is 0 Å². The van der Waals surface area contributed by atoms with Crippen molar-refractivity contribution >= 4 is 11.6 Å². The molecule has 1 aromatic carbocycles. The third-order valence-corrected chi connectivity index (χ3v) is 2.35. The molecule has 0 aliphatic heterocycles. The first kappa shape index (κ1) is 10.1. The van der Waals surface area contributed by atoms with Crippen LogP contribution in [0.3, 0.4) is 0 Å². The summed E-state index contributed by atoms with van der Waals surface area (Å²) < 4.78 is 0. The van der Waals surface area contributed by atoms with Gasteiger partial charge in [0.2, 0.25) is 5.28 Å². The molecule has 2 rings (SSSR count). The van der Waals surface area contributed by atoms with Crippen molar-refractivity contribution in [1.29, 1.82) is 0 Å². The van der Waals surface area contributed by atoms with Gasteiger partial charge in [-0.2, -0.15) is 5.10 Å². The summed E-state index contributed by atoms with van der Waals surface area (Å²) >= 11 is 5.67. The highest BCUT2D eigenvalue weighted by molar-refractivity contribution is 6.28. The Balaban J connectivity index is 2.37. The highest BCUT2D eigenvalue weighted by Crippen LogP contribution is 2.17. The fourth-order valence-corrected chi connectivity index (χ4v) is 1.47. The number of rotatable bonds is 2. The molecule has 0 saturated carbocycles. The number of aromatic nitrogens is 3. The van der Waals surface area contributed by atoms with Gasteiger partial charge in [0.05, 0.1) is 11.9 Å². The Bertz CT molecular complexity index is 454. The molecule has 0 fully saturated rings. The van der Waals surface area contributed by atoms with Crippen LogP contribution in [0.4, 0.5) is 0 Å². The Morgan fingerprint density at radius 1 is 1.20 bits per heavy atom. The topological polar surface area (TPSA) is 38.7 Å². The normalized spacial score (nSPS) is 10.3. The van der Waals surface area contributed by atoms with E-state index in [1.165, 1.54) is 5.56 Å². The zero-order valence-corrected chi connectivity index (χ0v) is 9.07. The van der Waals surface area contributed by atoms with Gasteiger partial charge in [-0.05, 0) is 23.6 Å². The van der Waals surface area contributed by atoms with E-state index in [9.17, 15) is 0 Å². The van der Waals surface area contributed by atoms with Crippen LogP contribution >= 0.6 is 11.6 Å². The van der Waals surface area contributed by atoms with Gasteiger partial charge in [0.15, 0.2) is 0 Å². The average molecular weight is 220 g/mol. The van der Waals surface area contributed by atoms with Crippen LogP contribution in [0.1, 0.15) is 12.5 Å². The molecule has 2 aromatic rings. The first-order valence-corrected chi connectivity index (χ1v) is 5.12. The lowest BCUT2D eigenvalue weighted by Gasteiger charge is -2.01. The minimum atomic E-state index is 0.173. The van der Waals surface area contributed by atoms with E-state index in [1.54, 1.807) is 6.20 Å². The predicted molar refractivity (Wildman–Crippen MR) is 59.7 cm³/mol. The molecule has 0 saturated heterocycles. The maximum atomic E-state index is 5.67. The van der Waals surface area contributed by atoms with E-state index in [0.29, 0.717) is 0 Å². The molecule has 3 nitrogen and oxygen atoms in total. The fraction of sp³-hybridized carbons (Fsp3) is 0.182. The standard InChI is InChI=1S/C11H10ClN3/c1-2-8-3-5-9(6-4-8)10-7-13-15-11(12)14-10/h3-7H,2H2,1H3. The van der Waals surface area contributed by atoms with Gasteiger partial charge in [-0.25, -0.2) is 4.98 Å². The van der Waals surface area contributed by atoms with Gasteiger partial charge in [-0.1, -0.05) is 31.2 Å². The lowest BCUT2D eigenvalue weighted by atomic mass is 10.1. The van der Waals surface area contributed by atoms with Gasteiger partial charge in [0, 0.05) is 5.56 Å². The fourth-order valence-electron chi connectivity index (χ4n) is 1.33. The minimum Gasteiger partial charge on any atom is -0.215 e. The molecule has 15 heavy (non-hydrogen) atoms. The second kappa shape index (κ2) is 4.36. The molecule has 0 amide bonds. The highest BCUT2D eigenvalue weighted by atomic mass is 35.5. The number of halogens is 1. The zero-order valence-electron chi connectivity index (χ0n) is 8.31. The van der Waals surface area contributed by atoms with E-state index < -0.39 is 0 Å². The summed E-state index contributed by atoms with van der Waals surface area (Å²) in [4.78, 5) is 4.09. The van der Waals surface area contributed by atoms with Gasteiger partial charge in [-0.3, -0.25) is 0 Å². The summed E-state index contributed by atoms with van der Waals surface area (Å²) in [5.74, 6) is 0. The van der Waals surface area contributed by atoms with Crippen molar-refractivity contribution in [3.63, 3.8) is 0 Å². The van der Waals surface area contributed by atoms with Crippen molar-refractivity contribution in [2.75, 3.05) is 0 Å². The molecule has 0 radical (unpaired) electrons. The third kappa shape index (κ3) is 2.30. The first-order chi connectivity index (χ1) is 7.29. The van der Waals surface area contributed by atoms with Gasteiger partial charge in [-0.15, -0.1) is 5.10 Å². The Labute approximate surface area is 93.1 Å². The van der Waals surface area contributed by atoms with Crippen molar-refractivity contribution < 1.29 is 0 Å². The molecule has 0 bridgehead atoms. The molecule has 0 unspecified atom stereocenters. The second-order valence-electron chi connectivity index (χ2n) is 3.16. The summed E-state index contributed by atoms with van der Waals surface area (Å²) in [5, 5.41) is 7.54. The molecule has 1 aromatic heterocycles. The van der Waals surface area contributed by atoms with Crippen LogP contribution < -0.4 is 0 Å². The maximum absolute atomic E-state index is 5.67. The van der Waals surface area contributed by atoms with Crippen LogP contribution in [-0.2, 0) is 6.42 Å². The molecule has 0 N–H and O–H groups in total. The first-order valence-electron chi connectivity index (χ1n) is 4.74. The van der Waals surface area contributed by atoms with E-state index in [2.05, 4.69) is 34.2 Å². The molecular weight excluding hydrogens is 210 g/mol. The molecule has 4 heteroatoms. The molecule has 0 spiro atoms. The van der Waals surface area contributed by atoms with Crippen LogP contribution in [0.2, 0.25) is 5.28 Å². The number of hydrogen-bond acceptors (Lipinski definition) is 3. The largest absolute Gasteiger partial charge is 0.243 e. The smallest absolute Gasteiger partial charge is 0.215 e. The summed E-state index contributed by atoms with van der Waals surface area (Å²) in [6.07, 6.45) is 2.63. The number of aryl methyl sites for hydroxylation is 1. The van der Waals surface area contributed by atoms with Gasteiger partial charge in [0.25, 0.3) is 0 Å². The molecular formula is C11H10ClN3. The van der Waals surface area contributed by atoms with Crippen LogP contribution in [0.5, 0.6) is 0 Å². The van der Waals surface area contributed by atoms with E-state index in [-0.39, 0.29) is 5.28 Å². The molecule has 0 atom stereocenters. The van der Waals surface area contributed by atoms with Crippen LogP contribution in [0.15, 0.2) is 30.5 Å². The lowest BCUT2D eigenvalue weighted by Crippen LogP contribution is -1.90. The molecule has 76 valence electrons. The Hall–Kier alpha value is -1.48. The van der Waals surface area contributed by atoms with Gasteiger partial charge < -0.3 is 0 Å². The van der Waals surface area contributed by atoms with Crippen LogP contribution in [-0.4, -0.2) is 15.2 Å². The van der Waals surface area contributed by atoms with Crippen molar-refractivity contribution in [2.24, 2.45) is 0 Å². The Morgan fingerprint density at radius 3 is 2.53 bits per heavy atom. The summed E-state index contributed by atoms with van der Waals surface area (Å²) in [7, 11) is 0. The third-order valence-electron chi connectivity index (χ3n) is 2.19.